The number of hydrogen-bond acceptors (Lipinski definition) is 6. The number of imidazole rings is 1. The van der Waals surface area contributed by atoms with Crippen LogP contribution >= 0.6 is 0 Å². The first kappa shape index (κ1) is 21.9. The quantitative estimate of drug-likeness (QED) is 0.611. The third-order valence-corrected chi connectivity index (χ3v) is 6.62. The summed E-state index contributed by atoms with van der Waals surface area (Å²) in [4.78, 5) is 56.8. The molecular weight excluding hydrogens is 440 g/mol. The average Bonchev–Trinajstić information content (AvgIpc) is 3.24. The van der Waals surface area contributed by atoms with Crippen molar-refractivity contribution in [2.45, 2.75) is 38.3 Å². The van der Waals surface area contributed by atoms with Gasteiger partial charge in [-0.2, -0.15) is 0 Å². The van der Waals surface area contributed by atoms with Crippen LogP contribution in [0.1, 0.15) is 36.0 Å². The van der Waals surface area contributed by atoms with E-state index in [0.29, 0.717) is 23.6 Å². The van der Waals surface area contributed by atoms with Crippen molar-refractivity contribution in [3.63, 3.8) is 0 Å². The van der Waals surface area contributed by atoms with Gasteiger partial charge in [0.2, 0.25) is 5.91 Å². The summed E-state index contributed by atoms with van der Waals surface area (Å²) >= 11 is 0. The Morgan fingerprint density at radius 3 is 2.79 bits per heavy atom. The molecule has 1 N–H and O–H groups in total. The van der Waals surface area contributed by atoms with Crippen LogP contribution in [0.25, 0.3) is 11.2 Å². The molecule has 1 fully saturated rings. The molecule has 1 unspecified atom stereocenters. The van der Waals surface area contributed by atoms with E-state index < -0.39 is 17.2 Å². The highest BCUT2D eigenvalue weighted by atomic mass is 16.5. The van der Waals surface area contributed by atoms with Gasteiger partial charge in [0.1, 0.15) is 12.3 Å². The van der Waals surface area contributed by atoms with E-state index in [-0.39, 0.29) is 29.7 Å². The van der Waals surface area contributed by atoms with Crippen molar-refractivity contribution in [2.24, 2.45) is 14.1 Å². The Morgan fingerprint density at radius 2 is 1.97 bits per heavy atom. The van der Waals surface area contributed by atoms with E-state index in [9.17, 15) is 19.2 Å². The number of carbonyl (C=O) groups is 2. The zero-order valence-corrected chi connectivity index (χ0v) is 19.1. The summed E-state index contributed by atoms with van der Waals surface area (Å²) in [6.45, 7) is 1.09. The van der Waals surface area contributed by atoms with Gasteiger partial charge in [0.15, 0.2) is 11.2 Å². The average molecular weight is 466 g/mol. The van der Waals surface area contributed by atoms with Crippen molar-refractivity contribution < 1.29 is 14.3 Å². The molecule has 11 nitrogen and oxygen atoms in total. The van der Waals surface area contributed by atoms with Gasteiger partial charge in [-0.05, 0) is 37.5 Å². The number of carbonyl (C=O) groups excluding carboxylic acids is 2. The Kier molecular flexibility index (Phi) is 5.46. The summed E-state index contributed by atoms with van der Waals surface area (Å²) in [5.41, 5.74) is 0.249. The van der Waals surface area contributed by atoms with Crippen LogP contribution in [0.15, 0.2) is 34.1 Å². The third-order valence-electron chi connectivity index (χ3n) is 6.62. The van der Waals surface area contributed by atoms with Crippen LogP contribution in [-0.4, -0.2) is 54.6 Å². The summed E-state index contributed by atoms with van der Waals surface area (Å²) in [5, 5.41) is 2.79. The van der Waals surface area contributed by atoms with Crippen LogP contribution in [0.4, 0.5) is 5.69 Å². The van der Waals surface area contributed by atoms with Crippen LogP contribution in [-0.2, 0) is 25.4 Å². The Hall–Kier alpha value is -3.89. The molecule has 0 radical (unpaired) electrons. The molecule has 5 rings (SSSR count). The fraction of sp³-hybridized carbons (Fsp3) is 0.435. The lowest BCUT2D eigenvalue weighted by atomic mass is 9.97. The van der Waals surface area contributed by atoms with Crippen molar-refractivity contribution in [3.05, 3.63) is 50.9 Å². The molecule has 0 spiro atoms. The van der Waals surface area contributed by atoms with E-state index in [1.54, 1.807) is 18.2 Å². The maximum Gasteiger partial charge on any atom is 0.332 e. The number of nitrogens with zero attached hydrogens (tertiary/aromatic N) is 5. The number of rotatable bonds is 3. The molecule has 2 aromatic heterocycles. The van der Waals surface area contributed by atoms with Gasteiger partial charge in [-0.1, -0.05) is 0 Å². The van der Waals surface area contributed by atoms with Gasteiger partial charge >= 0.3 is 5.69 Å². The predicted octanol–water partition coefficient (Wildman–Crippen LogP) is 0.850. The smallest absolute Gasteiger partial charge is 0.332 e. The second kappa shape index (κ2) is 8.47. The Bertz CT molecular complexity index is 1420. The predicted molar refractivity (Wildman–Crippen MR) is 124 cm³/mol. The first-order valence-corrected chi connectivity index (χ1v) is 11.3. The van der Waals surface area contributed by atoms with Gasteiger partial charge in [0, 0.05) is 38.8 Å². The lowest BCUT2D eigenvalue weighted by Gasteiger charge is -2.37. The van der Waals surface area contributed by atoms with Crippen LogP contribution in [0.3, 0.4) is 0 Å². The van der Waals surface area contributed by atoms with Gasteiger partial charge in [0.25, 0.3) is 11.5 Å². The number of ether oxygens (including phenoxy) is 1. The highest BCUT2D eigenvalue weighted by molar-refractivity contribution is 6.00. The minimum Gasteiger partial charge on any atom is -0.493 e. The summed E-state index contributed by atoms with van der Waals surface area (Å²) in [6.07, 6.45) is 5.24. The molecule has 1 atom stereocenters. The van der Waals surface area contributed by atoms with E-state index in [0.717, 1.165) is 36.8 Å². The highest BCUT2D eigenvalue weighted by Gasteiger charge is 2.31. The first-order valence-electron chi connectivity index (χ1n) is 11.3. The molecule has 1 saturated heterocycles. The minimum absolute atomic E-state index is 0.0829. The van der Waals surface area contributed by atoms with Crippen LogP contribution < -0.4 is 21.3 Å². The minimum atomic E-state index is -0.525. The molecule has 2 aliphatic rings. The molecule has 0 saturated carbocycles. The molecule has 34 heavy (non-hydrogen) atoms. The van der Waals surface area contributed by atoms with E-state index in [4.69, 9.17) is 4.74 Å². The Labute approximate surface area is 194 Å². The first-order chi connectivity index (χ1) is 16.3. The number of anilines is 1. The van der Waals surface area contributed by atoms with Crippen molar-refractivity contribution in [3.8, 4) is 5.75 Å². The largest absolute Gasteiger partial charge is 0.493 e. The maximum atomic E-state index is 13.2. The number of benzene rings is 1. The molecular formula is C23H26N6O5. The molecule has 1 aromatic carbocycles. The topological polar surface area (TPSA) is 120 Å². The molecule has 4 heterocycles. The number of aryl methyl sites for hydroxylation is 1. The molecule has 0 bridgehead atoms. The second-order valence-electron chi connectivity index (χ2n) is 8.79. The molecule has 178 valence electrons. The lowest BCUT2D eigenvalue weighted by molar-refractivity contribution is -0.116. The monoisotopic (exact) mass is 466 g/mol. The van der Waals surface area contributed by atoms with Crippen LogP contribution in [0, 0.1) is 0 Å². The van der Waals surface area contributed by atoms with Gasteiger partial charge in [-0.3, -0.25) is 23.5 Å². The van der Waals surface area contributed by atoms with Crippen molar-refractivity contribution in [2.75, 3.05) is 18.5 Å². The molecule has 2 amide bonds. The SMILES string of the molecule is Cn1c(=O)c2c(ncn2CC(=O)Nc2ccc3c(c2)C(=O)N2CCCCC2CCO3)n(C)c1=O. The third kappa shape index (κ3) is 3.66. The molecule has 11 heteroatoms. The molecule has 3 aromatic rings. The number of hydrogen-bond donors (Lipinski definition) is 1. The maximum absolute atomic E-state index is 13.2. The number of nitrogens with one attached hydrogen (secondary N) is 1. The van der Waals surface area contributed by atoms with Crippen molar-refractivity contribution in [1.82, 2.24) is 23.6 Å². The van der Waals surface area contributed by atoms with E-state index in [1.165, 1.54) is 29.6 Å². The number of amides is 2. The van der Waals surface area contributed by atoms with Crippen molar-refractivity contribution >= 4 is 28.7 Å². The summed E-state index contributed by atoms with van der Waals surface area (Å²) in [5.74, 6) is 0.0303. The molecule has 0 aliphatic carbocycles. The van der Waals surface area contributed by atoms with Gasteiger partial charge in [0.05, 0.1) is 18.5 Å². The van der Waals surface area contributed by atoms with Crippen LogP contribution in [0.2, 0.25) is 0 Å². The fourth-order valence-electron chi connectivity index (χ4n) is 4.80. The number of piperidine rings is 1. The summed E-state index contributed by atoms with van der Waals surface area (Å²) in [6, 6.07) is 5.21. The summed E-state index contributed by atoms with van der Waals surface area (Å²) < 4.78 is 9.50. The molecule has 2 aliphatic heterocycles. The van der Waals surface area contributed by atoms with Crippen LogP contribution in [0.5, 0.6) is 5.75 Å². The van der Waals surface area contributed by atoms with E-state index in [2.05, 4.69) is 10.3 Å². The Balaban J connectivity index is 1.40. The fourth-order valence-corrected chi connectivity index (χ4v) is 4.80. The highest BCUT2D eigenvalue weighted by Crippen LogP contribution is 2.31. The number of aromatic nitrogens is 4. The van der Waals surface area contributed by atoms with Gasteiger partial charge < -0.3 is 19.5 Å². The lowest BCUT2D eigenvalue weighted by Crippen LogP contribution is -2.45. The van der Waals surface area contributed by atoms with E-state index in [1.807, 2.05) is 4.90 Å². The van der Waals surface area contributed by atoms with Gasteiger partial charge in [-0.25, -0.2) is 9.78 Å². The number of fused-ring (bicyclic) bond motifs is 3. The standard InChI is InChI=1S/C23H26N6O5/c1-26-20-19(22(32)27(2)23(26)33)28(13-24-20)12-18(30)25-14-6-7-17-16(11-14)21(31)29-9-4-3-5-15(29)8-10-34-17/h6-7,11,13,15H,3-5,8-10,12H2,1-2H3,(H,25,30). The second-order valence-corrected chi connectivity index (χ2v) is 8.79. The van der Waals surface area contributed by atoms with Gasteiger partial charge in [-0.15, -0.1) is 0 Å². The Morgan fingerprint density at radius 1 is 1.15 bits per heavy atom. The summed E-state index contributed by atoms with van der Waals surface area (Å²) in [7, 11) is 2.90. The zero-order valence-electron chi connectivity index (χ0n) is 19.1. The van der Waals surface area contributed by atoms with E-state index >= 15 is 0 Å². The van der Waals surface area contributed by atoms with Crippen molar-refractivity contribution in [1.29, 1.82) is 0 Å². The normalized spacial score (nSPS) is 18.0. The zero-order chi connectivity index (χ0) is 24.0.